The molecule has 0 radical (unpaired) electrons. The molecule has 1 aliphatic carbocycles. The maximum absolute atomic E-state index is 2.48. The SMILES string of the molecule is CC(C)(C)[Si](C)(C)c1ccc2c(c1)CC=C2. The predicted octanol–water partition coefficient (Wildman–Crippen LogP) is 3.97. The maximum Gasteiger partial charge on any atom is 0.0859 e. The molecule has 0 bridgehead atoms. The summed E-state index contributed by atoms with van der Waals surface area (Å²) >= 11 is 0. The van der Waals surface area contributed by atoms with Crippen molar-refractivity contribution in [3.8, 4) is 0 Å². The molecule has 0 N–H and O–H groups in total. The number of rotatable bonds is 1. The minimum Gasteiger partial charge on any atom is -0.0795 e. The van der Waals surface area contributed by atoms with Gasteiger partial charge in [0.15, 0.2) is 0 Å². The van der Waals surface area contributed by atoms with Crippen molar-refractivity contribution in [2.24, 2.45) is 0 Å². The Bertz CT molecular complexity index is 433. The molecule has 0 aliphatic heterocycles. The molecule has 0 saturated heterocycles. The summed E-state index contributed by atoms with van der Waals surface area (Å²) in [4.78, 5) is 0. The van der Waals surface area contributed by atoms with E-state index < -0.39 is 8.07 Å². The largest absolute Gasteiger partial charge is 0.0859 e. The Hall–Kier alpha value is -0.823. The van der Waals surface area contributed by atoms with Gasteiger partial charge >= 0.3 is 0 Å². The quantitative estimate of drug-likeness (QED) is 0.640. The molecular weight excluding hydrogens is 208 g/mol. The van der Waals surface area contributed by atoms with Crippen LogP contribution >= 0.6 is 0 Å². The lowest BCUT2D eigenvalue weighted by molar-refractivity contribution is 0.729. The van der Waals surface area contributed by atoms with E-state index >= 15 is 0 Å². The van der Waals surface area contributed by atoms with Crippen molar-refractivity contribution in [3.05, 3.63) is 35.4 Å². The van der Waals surface area contributed by atoms with Crippen LogP contribution in [0.2, 0.25) is 18.1 Å². The third-order valence-electron chi connectivity index (χ3n) is 4.37. The molecule has 0 nitrogen and oxygen atoms in total. The van der Waals surface area contributed by atoms with Gasteiger partial charge in [-0.25, -0.2) is 0 Å². The first kappa shape index (κ1) is 11.7. The molecule has 0 amide bonds. The van der Waals surface area contributed by atoms with Crippen LogP contribution in [0.1, 0.15) is 31.9 Å². The summed E-state index contributed by atoms with van der Waals surface area (Å²) in [5, 5.41) is 2.02. The van der Waals surface area contributed by atoms with Crippen molar-refractivity contribution in [1.29, 1.82) is 0 Å². The van der Waals surface area contributed by atoms with Gasteiger partial charge in [0.2, 0.25) is 0 Å². The van der Waals surface area contributed by atoms with E-state index in [0.717, 1.165) is 6.42 Å². The van der Waals surface area contributed by atoms with E-state index in [0.29, 0.717) is 5.04 Å². The van der Waals surface area contributed by atoms with Crippen molar-refractivity contribution in [3.63, 3.8) is 0 Å². The van der Waals surface area contributed by atoms with Gasteiger partial charge < -0.3 is 0 Å². The molecule has 16 heavy (non-hydrogen) atoms. The number of hydrogen-bond donors (Lipinski definition) is 0. The summed E-state index contributed by atoms with van der Waals surface area (Å²) in [7, 11) is -1.35. The van der Waals surface area contributed by atoms with Crippen molar-refractivity contribution >= 4 is 19.3 Å². The molecule has 1 aromatic carbocycles. The van der Waals surface area contributed by atoms with E-state index in [2.05, 4.69) is 64.2 Å². The maximum atomic E-state index is 2.48. The van der Waals surface area contributed by atoms with Crippen molar-refractivity contribution in [2.75, 3.05) is 0 Å². The molecule has 86 valence electrons. The summed E-state index contributed by atoms with van der Waals surface area (Å²) < 4.78 is 0. The molecule has 0 heterocycles. The second-order valence-corrected chi connectivity index (χ2v) is 11.7. The van der Waals surface area contributed by atoms with E-state index in [1.165, 1.54) is 11.1 Å². The van der Waals surface area contributed by atoms with Crippen LogP contribution < -0.4 is 5.19 Å². The smallest absolute Gasteiger partial charge is 0.0795 e. The van der Waals surface area contributed by atoms with Crippen LogP contribution in [0.15, 0.2) is 24.3 Å². The zero-order valence-electron chi connectivity index (χ0n) is 11.1. The first-order valence-corrected chi connectivity index (χ1v) is 9.12. The van der Waals surface area contributed by atoms with Gasteiger partial charge in [-0.05, 0) is 22.6 Å². The first-order valence-electron chi connectivity index (χ1n) is 6.12. The van der Waals surface area contributed by atoms with Crippen molar-refractivity contribution < 1.29 is 0 Å². The Morgan fingerprint density at radius 3 is 2.44 bits per heavy atom. The van der Waals surface area contributed by atoms with E-state index in [-0.39, 0.29) is 0 Å². The summed E-state index contributed by atoms with van der Waals surface area (Å²) in [5.74, 6) is 0. The van der Waals surface area contributed by atoms with Crippen LogP contribution in [-0.2, 0) is 6.42 Å². The number of hydrogen-bond acceptors (Lipinski definition) is 0. The monoisotopic (exact) mass is 230 g/mol. The molecule has 0 saturated carbocycles. The van der Waals surface area contributed by atoms with E-state index in [1.54, 1.807) is 5.19 Å². The highest BCUT2D eigenvalue weighted by atomic mass is 28.3. The third kappa shape index (κ3) is 1.78. The molecule has 1 aromatic rings. The van der Waals surface area contributed by atoms with Crippen LogP contribution in [0, 0.1) is 0 Å². The lowest BCUT2D eigenvalue weighted by atomic mass is 10.1. The number of fused-ring (bicyclic) bond motifs is 1. The number of benzene rings is 1. The van der Waals surface area contributed by atoms with Gasteiger partial charge in [0.25, 0.3) is 0 Å². The average molecular weight is 230 g/mol. The lowest BCUT2D eigenvalue weighted by Crippen LogP contribution is -2.49. The van der Waals surface area contributed by atoms with Crippen molar-refractivity contribution in [1.82, 2.24) is 0 Å². The van der Waals surface area contributed by atoms with Gasteiger partial charge in [0.1, 0.15) is 0 Å². The highest BCUT2D eigenvalue weighted by molar-refractivity contribution is 6.92. The molecule has 0 atom stereocenters. The fraction of sp³-hybridized carbons (Fsp3) is 0.467. The first-order chi connectivity index (χ1) is 7.32. The minimum absolute atomic E-state index is 0.424. The van der Waals surface area contributed by atoms with Gasteiger partial charge in [-0.2, -0.15) is 0 Å². The Labute approximate surface area is 100 Å². The van der Waals surface area contributed by atoms with E-state index in [4.69, 9.17) is 0 Å². The fourth-order valence-corrected chi connectivity index (χ4v) is 3.98. The Balaban J connectivity index is 2.43. The van der Waals surface area contributed by atoms with Gasteiger partial charge in [0.05, 0.1) is 8.07 Å². The Morgan fingerprint density at radius 1 is 1.12 bits per heavy atom. The van der Waals surface area contributed by atoms with Gasteiger partial charge in [-0.15, -0.1) is 0 Å². The summed E-state index contributed by atoms with van der Waals surface area (Å²) in [6, 6.07) is 7.10. The van der Waals surface area contributed by atoms with Gasteiger partial charge in [-0.1, -0.05) is 69.4 Å². The highest BCUT2D eigenvalue weighted by Gasteiger charge is 2.36. The van der Waals surface area contributed by atoms with E-state index in [1.807, 2.05) is 0 Å². The van der Waals surface area contributed by atoms with E-state index in [9.17, 15) is 0 Å². The van der Waals surface area contributed by atoms with Gasteiger partial charge in [-0.3, -0.25) is 0 Å². The second-order valence-electron chi connectivity index (χ2n) is 6.40. The highest BCUT2D eigenvalue weighted by Crippen LogP contribution is 2.36. The predicted molar refractivity (Wildman–Crippen MR) is 76.0 cm³/mol. The Morgan fingerprint density at radius 2 is 1.81 bits per heavy atom. The van der Waals surface area contributed by atoms with Crippen LogP contribution in [0.4, 0.5) is 0 Å². The summed E-state index contributed by atoms with van der Waals surface area (Å²) in [6.07, 6.45) is 5.63. The molecule has 0 unspecified atom stereocenters. The normalized spacial score (nSPS) is 15.3. The fourth-order valence-electron chi connectivity index (χ4n) is 2.08. The zero-order valence-corrected chi connectivity index (χ0v) is 12.1. The van der Waals surface area contributed by atoms with Crippen LogP contribution in [0.25, 0.3) is 6.08 Å². The molecule has 1 heteroatoms. The molecular formula is C15H22Si. The lowest BCUT2D eigenvalue weighted by Gasteiger charge is -2.37. The molecule has 0 aromatic heterocycles. The third-order valence-corrected chi connectivity index (χ3v) is 9.88. The molecule has 0 spiro atoms. The van der Waals surface area contributed by atoms with Crippen molar-refractivity contribution in [2.45, 2.75) is 45.3 Å². The molecule has 0 fully saturated rings. The second kappa shape index (κ2) is 3.59. The van der Waals surface area contributed by atoms with Crippen LogP contribution in [0.3, 0.4) is 0 Å². The average Bonchev–Trinajstić information content (AvgIpc) is 2.61. The standard InChI is InChI=1S/C15H22Si/c1-15(2,3)16(4,5)14-10-9-12-7-6-8-13(12)11-14/h6-7,9-11H,8H2,1-5H3. The number of allylic oxidation sites excluding steroid dienone is 1. The minimum atomic E-state index is -1.35. The summed E-state index contributed by atoms with van der Waals surface area (Å²) in [6.45, 7) is 12.1. The summed E-state index contributed by atoms with van der Waals surface area (Å²) in [5.41, 5.74) is 2.93. The van der Waals surface area contributed by atoms with Crippen LogP contribution in [0.5, 0.6) is 0 Å². The van der Waals surface area contributed by atoms with Gasteiger partial charge in [0, 0.05) is 0 Å². The molecule has 1 aliphatic rings. The topological polar surface area (TPSA) is 0 Å². The van der Waals surface area contributed by atoms with Crippen LogP contribution in [-0.4, -0.2) is 8.07 Å². The Kier molecular flexibility index (Phi) is 2.62. The molecule has 2 rings (SSSR count). The zero-order chi connectivity index (χ0) is 12.0.